The second-order valence-corrected chi connectivity index (χ2v) is 12.6. The van der Waals surface area contributed by atoms with E-state index >= 15 is 0 Å². The van der Waals surface area contributed by atoms with Crippen molar-refractivity contribution < 1.29 is 4.42 Å². The fourth-order valence-electron chi connectivity index (χ4n) is 7.32. The number of aryl methyl sites for hydroxylation is 9. The summed E-state index contributed by atoms with van der Waals surface area (Å²) in [6.07, 6.45) is 5.83. The standard InChI is InChI=1S/C39H40BN3O/c1-23-15-26(4)35(27(5)16-23)40(36-28(6)17-24(2)18-29(36)7)34-22-42-39(44-34)33-12-10-11-32(21-33)38-41-13-14-43(38)37-30(8)19-25(3)20-31(37)9/h10-22H,1-9H3. The Hall–Kier alpha value is -4.64. The number of nitrogens with zero attached hydrogens (tertiary/aromatic N) is 3. The summed E-state index contributed by atoms with van der Waals surface area (Å²) in [7, 11) is 0. The molecule has 0 bridgehead atoms. The summed E-state index contributed by atoms with van der Waals surface area (Å²) in [5.74, 6) is 1.50. The number of hydrogen-bond donors (Lipinski definition) is 0. The SMILES string of the molecule is Cc1cc(C)c(B(c2cnc(-c3cccc(-c4nccn4-c4c(C)cc(C)cc4C)c3)o2)c2c(C)cc(C)cc2C)c(C)c1. The summed E-state index contributed by atoms with van der Waals surface area (Å²) in [6, 6.07) is 21.9. The summed E-state index contributed by atoms with van der Waals surface area (Å²) in [6.45, 7) is 19.6. The monoisotopic (exact) mass is 577 g/mol. The highest BCUT2D eigenvalue weighted by atomic mass is 16.3. The lowest BCUT2D eigenvalue weighted by Gasteiger charge is -2.22. The van der Waals surface area contributed by atoms with Crippen LogP contribution in [0.15, 0.2) is 83.7 Å². The van der Waals surface area contributed by atoms with E-state index in [4.69, 9.17) is 14.4 Å². The van der Waals surface area contributed by atoms with Gasteiger partial charge in [-0.1, -0.05) is 98.4 Å². The molecule has 5 heteroatoms. The van der Waals surface area contributed by atoms with Gasteiger partial charge in [0, 0.05) is 23.5 Å². The number of rotatable bonds is 6. The van der Waals surface area contributed by atoms with E-state index in [2.05, 4.69) is 128 Å². The third-order valence-corrected chi connectivity index (χ3v) is 8.75. The summed E-state index contributed by atoms with van der Waals surface area (Å²) in [5.41, 5.74) is 17.8. The number of benzene rings is 4. The van der Waals surface area contributed by atoms with Crippen molar-refractivity contribution in [3.8, 4) is 28.5 Å². The molecule has 0 N–H and O–H groups in total. The normalized spacial score (nSPS) is 11.3. The van der Waals surface area contributed by atoms with E-state index in [1.54, 1.807) is 0 Å². The fourth-order valence-corrected chi connectivity index (χ4v) is 7.32. The third-order valence-electron chi connectivity index (χ3n) is 8.75. The first-order valence-corrected chi connectivity index (χ1v) is 15.4. The predicted octanol–water partition coefficient (Wildman–Crippen LogP) is 7.49. The molecule has 0 fully saturated rings. The summed E-state index contributed by atoms with van der Waals surface area (Å²) >= 11 is 0. The maximum atomic E-state index is 6.72. The molecule has 0 aliphatic heterocycles. The van der Waals surface area contributed by atoms with Gasteiger partial charge in [0.1, 0.15) is 5.82 Å². The summed E-state index contributed by atoms with van der Waals surface area (Å²) in [4.78, 5) is 9.64. The molecule has 4 aromatic carbocycles. The van der Waals surface area contributed by atoms with E-state index in [1.807, 2.05) is 18.6 Å². The molecule has 220 valence electrons. The largest absolute Gasteiger partial charge is 0.451 e. The van der Waals surface area contributed by atoms with Gasteiger partial charge in [0.25, 0.3) is 6.71 Å². The predicted molar refractivity (Wildman–Crippen MR) is 185 cm³/mol. The van der Waals surface area contributed by atoms with Crippen molar-refractivity contribution in [3.05, 3.63) is 129 Å². The van der Waals surface area contributed by atoms with Crippen LogP contribution in [-0.4, -0.2) is 21.2 Å². The van der Waals surface area contributed by atoms with Crippen molar-refractivity contribution in [2.75, 3.05) is 0 Å². The molecule has 4 nitrogen and oxygen atoms in total. The van der Waals surface area contributed by atoms with Gasteiger partial charge in [-0.25, -0.2) is 9.97 Å². The molecule has 2 aromatic heterocycles. The van der Waals surface area contributed by atoms with Gasteiger partial charge in [-0.3, -0.25) is 4.57 Å². The maximum absolute atomic E-state index is 6.72. The van der Waals surface area contributed by atoms with Gasteiger partial charge in [-0.2, -0.15) is 0 Å². The first kappa shape index (κ1) is 29.4. The minimum Gasteiger partial charge on any atom is -0.451 e. The molecule has 0 saturated heterocycles. The zero-order chi connectivity index (χ0) is 31.3. The van der Waals surface area contributed by atoms with Crippen molar-refractivity contribution in [2.45, 2.75) is 62.3 Å². The van der Waals surface area contributed by atoms with Gasteiger partial charge in [0.05, 0.1) is 17.5 Å². The van der Waals surface area contributed by atoms with Crippen LogP contribution in [0, 0.1) is 62.3 Å². The fraction of sp³-hybridized carbons (Fsp3) is 0.231. The van der Waals surface area contributed by atoms with Crippen molar-refractivity contribution in [2.24, 2.45) is 0 Å². The second kappa shape index (κ2) is 11.5. The van der Waals surface area contributed by atoms with E-state index in [-0.39, 0.29) is 6.71 Å². The average Bonchev–Trinajstić information content (AvgIpc) is 3.61. The van der Waals surface area contributed by atoms with E-state index in [0.717, 1.165) is 22.6 Å². The number of imidazole rings is 1. The van der Waals surface area contributed by atoms with Crippen LogP contribution in [0.2, 0.25) is 0 Å². The van der Waals surface area contributed by atoms with Crippen molar-refractivity contribution in [3.63, 3.8) is 0 Å². The van der Waals surface area contributed by atoms with Crippen LogP contribution < -0.4 is 16.6 Å². The van der Waals surface area contributed by atoms with Crippen LogP contribution in [-0.2, 0) is 0 Å². The van der Waals surface area contributed by atoms with Gasteiger partial charge in [-0.05, 0) is 85.6 Å². The topological polar surface area (TPSA) is 43.9 Å². The number of aromatic nitrogens is 3. The summed E-state index contributed by atoms with van der Waals surface area (Å²) in [5, 5.41) is 0. The first-order chi connectivity index (χ1) is 21.0. The minimum absolute atomic E-state index is 0.0629. The van der Waals surface area contributed by atoms with Crippen LogP contribution in [0.25, 0.3) is 28.5 Å². The molecule has 6 aromatic rings. The van der Waals surface area contributed by atoms with E-state index < -0.39 is 0 Å². The Kier molecular flexibility index (Phi) is 7.67. The lowest BCUT2D eigenvalue weighted by Crippen LogP contribution is -2.55. The van der Waals surface area contributed by atoms with Crippen molar-refractivity contribution >= 4 is 23.3 Å². The lowest BCUT2D eigenvalue weighted by atomic mass is 9.36. The molecule has 0 aliphatic rings. The van der Waals surface area contributed by atoms with Crippen LogP contribution in [0.5, 0.6) is 0 Å². The molecule has 0 radical (unpaired) electrons. The second-order valence-electron chi connectivity index (χ2n) is 12.6. The van der Waals surface area contributed by atoms with Crippen molar-refractivity contribution in [1.82, 2.24) is 14.5 Å². The Balaban J connectivity index is 1.46. The van der Waals surface area contributed by atoms with E-state index in [1.165, 1.54) is 66.7 Å². The smallest absolute Gasteiger partial charge is 0.291 e. The quantitative estimate of drug-likeness (QED) is 0.193. The van der Waals surface area contributed by atoms with E-state index in [9.17, 15) is 0 Å². The zero-order valence-corrected chi connectivity index (χ0v) is 27.3. The molecule has 44 heavy (non-hydrogen) atoms. The van der Waals surface area contributed by atoms with Gasteiger partial charge in [-0.15, -0.1) is 0 Å². The molecule has 0 atom stereocenters. The molecule has 0 saturated carbocycles. The Morgan fingerprint density at radius 3 is 1.64 bits per heavy atom. The highest BCUT2D eigenvalue weighted by Gasteiger charge is 2.32. The maximum Gasteiger partial charge on any atom is 0.291 e. The van der Waals surface area contributed by atoms with Crippen LogP contribution in [0.1, 0.15) is 50.1 Å². The van der Waals surface area contributed by atoms with E-state index in [0.29, 0.717) is 5.89 Å². The third kappa shape index (κ3) is 5.32. The van der Waals surface area contributed by atoms with Gasteiger partial charge in [0.2, 0.25) is 5.89 Å². The first-order valence-electron chi connectivity index (χ1n) is 15.4. The Morgan fingerprint density at radius 1 is 0.591 bits per heavy atom. The number of hydrogen-bond acceptors (Lipinski definition) is 3. The minimum atomic E-state index is -0.0629. The van der Waals surface area contributed by atoms with Crippen molar-refractivity contribution in [1.29, 1.82) is 0 Å². The Labute approximate surface area is 261 Å². The molecule has 0 spiro atoms. The molecule has 0 unspecified atom stereocenters. The molecule has 0 aliphatic carbocycles. The average molecular weight is 578 g/mol. The summed E-state index contributed by atoms with van der Waals surface area (Å²) < 4.78 is 8.91. The van der Waals surface area contributed by atoms with Crippen LogP contribution in [0.3, 0.4) is 0 Å². The number of oxazole rings is 1. The molecule has 6 rings (SSSR count). The molecular weight excluding hydrogens is 537 g/mol. The highest BCUT2D eigenvalue weighted by Crippen LogP contribution is 2.29. The van der Waals surface area contributed by atoms with Gasteiger partial charge >= 0.3 is 0 Å². The Morgan fingerprint density at radius 2 is 1.09 bits per heavy atom. The van der Waals surface area contributed by atoms with Gasteiger partial charge in [0.15, 0.2) is 0 Å². The molecule has 2 heterocycles. The van der Waals surface area contributed by atoms with Crippen LogP contribution >= 0.6 is 0 Å². The molecule has 0 amide bonds. The molecular formula is C39H40BN3O. The van der Waals surface area contributed by atoms with Crippen LogP contribution in [0.4, 0.5) is 0 Å². The highest BCUT2D eigenvalue weighted by molar-refractivity contribution is 6.95. The zero-order valence-electron chi connectivity index (χ0n) is 27.3. The lowest BCUT2D eigenvalue weighted by molar-refractivity contribution is 0.606. The Bertz CT molecular complexity index is 1900. The van der Waals surface area contributed by atoms with Gasteiger partial charge < -0.3 is 4.42 Å².